The minimum absolute atomic E-state index is 0.216. The molecule has 7 heteroatoms. The smallest absolute Gasteiger partial charge is 0.328 e. The van der Waals surface area contributed by atoms with Gasteiger partial charge in [0.25, 0.3) is 0 Å². The molecule has 0 saturated heterocycles. The molecule has 19 heavy (non-hydrogen) atoms. The lowest BCUT2D eigenvalue weighted by molar-refractivity contribution is -0.139. The summed E-state index contributed by atoms with van der Waals surface area (Å²) in [6.45, 7) is 5.36. The molecule has 0 radical (unpaired) electrons. The number of nitrogens with two attached hydrogens (primary N) is 1. The molecular weight excluding hydrogens is 254 g/mol. The average Bonchev–Trinajstić information content (AvgIpc) is 2.13. The first-order valence-electron chi connectivity index (χ1n) is 5.66. The van der Waals surface area contributed by atoms with Gasteiger partial charge in [-0.2, -0.15) is 0 Å². The van der Waals surface area contributed by atoms with Gasteiger partial charge in [0.15, 0.2) is 0 Å². The van der Waals surface area contributed by atoms with Crippen molar-refractivity contribution in [2.75, 3.05) is 0 Å². The number of rotatable bonds is 6. The molecule has 0 aromatic rings. The van der Waals surface area contributed by atoms with Crippen LogP contribution in [0.15, 0.2) is 11.6 Å². The van der Waals surface area contributed by atoms with Gasteiger partial charge < -0.3 is 21.1 Å². The maximum absolute atomic E-state index is 10.1. The standard InChI is InChI=1S/C6H13NO2.C6H8O4/c1-4(2)3-5(7)6(8)9;1-4(2-5(7)8)3-6(9)10/h4-5H,3,7H2,1-2H3,(H,8,9);2H,3H2,1H3,(H,7,8)(H,9,10). The second-order valence-corrected chi connectivity index (χ2v) is 4.47. The van der Waals surface area contributed by atoms with Crippen LogP contribution in [0.5, 0.6) is 0 Å². The van der Waals surface area contributed by atoms with E-state index in [0.717, 1.165) is 6.08 Å². The van der Waals surface area contributed by atoms with Crippen molar-refractivity contribution in [3.63, 3.8) is 0 Å². The van der Waals surface area contributed by atoms with Crippen molar-refractivity contribution in [1.82, 2.24) is 0 Å². The minimum Gasteiger partial charge on any atom is -0.481 e. The van der Waals surface area contributed by atoms with Gasteiger partial charge in [-0.3, -0.25) is 9.59 Å². The lowest BCUT2D eigenvalue weighted by Crippen LogP contribution is -2.31. The molecule has 110 valence electrons. The van der Waals surface area contributed by atoms with Crippen LogP contribution in [-0.2, 0) is 14.4 Å². The van der Waals surface area contributed by atoms with Gasteiger partial charge in [0, 0.05) is 6.08 Å². The van der Waals surface area contributed by atoms with E-state index in [0.29, 0.717) is 17.9 Å². The second kappa shape index (κ2) is 10.1. The van der Waals surface area contributed by atoms with E-state index in [9.17, 15) is 14.4 Å². The van der Waals surface area contributed by atoms with Crippen LogP contribution >= 0.6 is 0 Å². The molecule has 0 aliphatic heterocycles. The van der Waals surface area contributed by atoms with Crippen molar-refractivity contribution in [3.8, 4) is 0 Å². The van der Waals surface area contributed by atoms with Crippen LogP contribution in [0.3, 0.4) is 0 Å². The Balaban J connectivity index is 0. The summed E-state index contributed by atoms with van der Waals surface area (Å²) in [7, 11) is 0. The zero-order valence-electron chi connectivity index (χ0n) is 11.3. The lowest BCUT2D eigenvalue weighted by atomic mass is 10.1. The van der Waals surface area contributed by atoms with Gasteiger partial charge in [0.1, 0.15) is 6.04 Å². The van der Waals surface area contributed by atoms with Crippen molar-refractivity contribution < 1.29 is 29.7 Å². The molecule has 5 N–H and O–H groups in total. The number of carboxylic acid groups (broad SMARTS) is 3. The van der Waals surface area contributed by atoms with Crippen LogP contribution in [0.1, 0.15) is 33.6 Å². The van der Waals surface area contributed by atoms with Crippen LogP contribution in [-0.4, -0.2) is 39.3 Å². The summed E-state index contributed by atoms with van der Waals surface area (Å²) >= 11 is 0. The van der Waals surface area contributed by atoms with Gasteiger partial charge in [0.2, 0.25) is 0 Å². The Labute approximate surface area is 111 Å². The quantitative estimate of drug-likeness (QED) is 0.529. The fourth-order valence-corrected chi connectivity index (χ4v) is 1.11. The summed E-state index contributed by atoms with van der Waals surface area (Å²) in [5.74, 6) is -2.69. The molecule has 1 unspecified atom stereocenters. The Morgan fingerprint density at radius 3 is 1.84 bits per heavy atom. The molecule has 0 aromatic heterocycles. The molecule has 0 rings (SSSR count). The van der Waals surface area contributed by atoms with E-state index in [-0.39, 0.29) is 6.42 Å². The summed E-state index contributed by atoms with van der Waals surface area (Å²) in [6, 6.07) is -0.690. The second-order valence-electron chi connectivity index (χ2n) is 4.47. The monoisotopic (exact) mass is 275 g/mol. The van der Waals surface area contributed by atoms with Crippen LogP contribution in [0.2, 0.25) is 0 Å². The zero-order chi connectivity index (χ0) is 15.6. The molecule has 0 saturated carbocycles. The Hall–Kier alpha value is -1.89. The van der Waals surface area contributed by atoms with Crippen molar-refractivity contribution >= 4 is 17.9 Å². The fraction of sp³-hybridized carbons (Fsp3) is 0.583. The highest BCUT2D eigenvalue weighted by Crippen LogP contribution is 2.01. The lowest BCUT2D eigenvalue weighted by Gasteiger charge is -2.07. The summed E-state index contributed by atoms with van der Waals surface area (Å²) in [6.07, 6.45) is 1.22. The maximum atomic E-state index is 10.1. The molecular formula is C12H21NO6. The van der Waals surface area contributed by atoms with E-state index in [1.54, 1.807) is 0 Å². The van der Waals surface area contributed by atoms with Crippen LogP contribution in [0.25, 0.3) is 0 Å². The van der Waals surface area contributed by atoms with E-state index >= 15 is 0 Å². The van der Waals surface area contributed by atoms with Crippen molar-refractivity contribution in [3.05, 3.63) is 11.6 Å². The van der Waals surface area contributed by atoms with Crippen molar-refractivity contribution in [2.45, 2.75) is 39.7 Å². The third-order valence-corrected chi connectivity index (χ3v) is 1.84. The summed E-state index contributed by atoms with van der Waals surface area (Å²) in [4.78, 5) is 30.0. The first-order valence-corrected chi connectivity index (χ1v) is 5.66. The Kier molecular flexibility index (Phi) is 10.3. The van der Waals surface area contributed by atoms with E-state index < -0.39 is 23.9 Å². The van der Waals surface area contributed by atoms with E-state index in [1.165, 1.54) is 6.92 Å². The highest BCUT2D eigenvalue weighted by Gasteiger charge is 2.11. The molecule has 1 atom stereocenters. The van der Waals surface area contributed by atoms with E-state index in [1.807, 2.05) is 13.8 Å². The first kappa shape index (κ1) is 19.4. The predicted molar refractivity (Wildman–Crippen MR) is 68.7 cm³/mol. The van der Waals surface area contributed by atoms with Crippen molar-refractivity contribution in [2.24, 2.45) is 11.7 Å². The average molecular weight is 275 g/mol. The summed E-state index contributed by atoms with van der Waals surface area (Å²) in [5, 5.41) is 24.6. The molecule has 0 heterocycles. The van der Waals surface area contributed by atoms with E-state index in [4.69, 9.17) is 21.1 Å². The number of carboxylic acids is 3. The molecule has 0 aliphatic carbocycles. The molecule has 0 fully saturated rings. The Morgan fingerprint density at radius 2 is 1.63 bits per heavy atom. The predicted octanol–water partition coefficient (Wildman–Crippen LogP) is 0.936. The molecule has 7 nitrogen and oxygen atoms in total. The van der Waals surface area contributed by atoms with Crippen LogP contribution < -0.4 is 5.73 Å². The van der Waals surface area contributed by atoms with E-state index in [2.05, 4.69) is 0 Å². The molecule has 0 spiro atoms. The van der Waals surface area contributed by atoms with Gasteiger partial charge in [-0.25, -0.2) is 4.79 Å². The first-order chi connectivity index (χ1) is 8.56. The zero-order valence-corrected chi connectivity index (χ0v) is 11.3. The number of carbonyl (C=O) groups is 3. The normalized spacial score (nSPS) is 12.4. The minimum atomic E-state index is -1.11. The third-order valence-electron chi connectivity index (χ3n) is 1.84. The van der Waals surface area contributed by atoms with Crippen molar-refractivity contribution in [1.29, 1.82) is 0 Å². The molecule has 0 aromatic carbocycles. The topological polar surface area (TPSA) is 138 Å². The van der Waals surface area contributed by atoms with Gasteiger partial charge in [-0.1, -0.05) is 19.4 Å². The fourth-order valence-electron chi connectivity index (χ4n) is 1.11. The summed E-state index contributed by atoms with van der Waals surface area (Å²) in [5.41, 5.74) is 5.55. The van der Waals surface area contributed by atoms with Gasteiger partial charge in [-0.15, -0.1) is 0 Å². The SMILES string of the molecule is CC(=CC(=O)O)CC(=O)O.CC(C)CC(N)C(=O)O. The van der Waals surface area contributed by atoms with Crippen LogP contribution in [0, 0.1) is 5.92 Å². The van der Waals surface area contributed by atoms with Gasteiger partial charge in [0.05, 0.1) is 6.42 Å². The largest absolute Gasteiger partial charge is 0.481 e. The molecule has 0 bridgehead atoms. The Bertz CT molecular complexity index is 348. The number of aliphatic carboxylic acids is 3. The molecule has 0 amide bonds. The molecule has 0 aliphatic rings. The maximum Gasteiger partial charge on any atom is 0.328 e. The number of hydrogen-bond acceptors (Lipinski definition) is 4. The van der Waals surface area contributed by atoms with Gasteiger partial charge in [-0.05, 0) is 19.3 Å². The summed E-state index contributed by atoms with van der Waals surface area (Å²) < 4.78 is 0. The number of hydrogen-bond donors (Lipinski definition) is 4. The third kappa shape index (κ3) is 16.1. The van der Waals surface area contributed by atoms with Crippen LogP contribution in [0.4, 0.5) is 0 Å². The highest BCUT2D eigenvalue weighted by atomic mass is 16.4. The highest BCUT2D eigenvalue weighted by molar-refractivity contribution is 5.82. The van der Waals surface area contributed by atoms with Gasteiger partial charge >= 0.3 is 17.9 Å². The Morgan fingerprint density at radius 1 is 1.16 bits per heavy atom.